The van der Waals surface area contributed by atoms with Crippen molar-refractivity contribution in [2.45, 2.75) is 122 Å². The van der Waals surface area contributed by atoms with E-state index in [1.807, 2.05) is 6.92 Å². The van der Waals surface area contributed by atoms with Gasteiger partial charge in [-0.1, -0.05) is 96.8 Å². The van der Waals surface area contributed by atoms with Crippen LogP contribution in [0.3, 0.4) is 0 Å². The van der Waals surface area contributed by atoms with Gasteiger partial charge in [-0.2, -0.15) is 0 Å². The SMILES string of the molecule is CCCCCCCCCCCCCCCC[C@@H]1C(=O)O[C@@H](C)[C@H]1OC. The molecule has 0 aromatic rings. The predicted molar refractivity (Wildman–Crippen MR) is 105 cm³/mol. The zero-order valence-corrected chi connectivity index (χ0v) is 17.1. The highest BCUT2D eigenvalue weighted by molar-refractivity contribution is 5.75. The van der Waals surface area contributed by atoms with E-state index in [9.17, 15) is 4.79 Å². The number of ether oxygens (including phenoxy) is 2. The van der Waals surface area contributed by atoms with Gasteiger partial charge in [0.25, 0.3) is 0 Å². The average Bonchev–Trinajstić information content (AvgIpc) is 2.88. The van der Waals surface area contributed by atoms with Gasteiger partial charge in [0.2, 0.25) is 0 Å². The number of hydrogen-bond acceptors (Lipinski definition) is 3. The Kier molecular flexibility index (Phi) is 13.1. The molecule has 1 saturated heterocycles. The molecule has 0 bridgehead atoms. The summed E-state index contributed by atoms with van der Waals surface area (Å²) in [5.41, 5.74) is 0. The van der Waals surface area contributed by atoms with Crippen LogP contribution in [0.5, 0.6) is 0 Å². The second kappa shape index (κ2) is 14.6. The van der Waals surface area contributed by atoms with Crippen molar-refractivity contribution >= 4 is 5.97 Å². The van der Waals surface area contributed by atoms with Crippen LogP contribution in [0, 0.1) is 5.92 Å². The molecule has 0 unspecified atom stereocenters. The lowest BCUT2D eigenvalue weighted by Gasteiger charge is -2.16. The van der Waals surface area contributed by atoms with E-state index in [-0.39, 0.29) is 24.1 Å². The second-order valence-corrected chi connectivity index (χ2v) is 7.83. The highest BCUT2D eigenvalue weighted by Gasteiger charge is 2.41. The number of rotatable bonds is 16. The third-order valence-corrected chi connectivity index (χ3v) is 5.60. The topological polar surface area (TPSA) is 35.5 Å². The van der Waals surface area contributed by atoms with E-state index in [0.717, 1.165) is 12.8 Å². The molecule has 1 fully saturated rings. The van der Waals surface area contributed by atoms with Gasteiger partial charge in [0.15, 0.2) is 0 Å². The molecule has 1 aliphatic heterocycles. The van der Waals surface area contributed by atoms with E-state index in [2.05, 4.69) is 6.92 Å². The number of methoxy groups -OCH3 is 1. The first-order chi connectivity index (χ1) is 12.2. The minimum Gasteiger partial charge on any atom is -0.460 e. The molecule has 3 heteroatoms. The van der Waals surface area contributed by atoms with Crippen molar-refractivity contribution in [3.8, 4) is 0 Å². The van der Waals surface area contributed by atoms with Gasteiger partial charge in [-0.25, -0.2) is 0 Å². The van der Waals surface area contributed by atoms with Crippen LogP contribution in [0.1, 0.15) is 110 Å². The zero-order chi connectivity index (χ0) is 18.3. The van der Waals surface area contributed by atoms with E-state index in [4.69, 9.17) is 9.47 Å². The Morgan fingerprint density at radius 1 is 0.800 bits per heavy atom. The summed E-state index contributed by atoms with van der Waals surface area (Å²) in [7, 11) is 1.68. The molecule has 1 heterocycles. The molecule has 0 aromatic heterocycles. The summed E-state index contributed by atoms with van der Waals surface area (Å²) >= 11 is 0. The van der Waals surface area contributed by atoms with E-state index in [1.54, 1.807) is 7.11 Å². The van der Waals surface area contributed by atoms with Gasteiger partial charge >= 0.3 is 5.97 Å². The monoisotopic (exact) mass is 354 g/mol. The number of unbranched alkanes of at least 4 members (excludes halogenated alkanes) is 13. The van der Waals surface area contributed by atoms with Crippen LogP contribution >= 0.6 is 0 Å². The lowest BCUT2D eigenvalue weighted by atomic mass is 9.94. The summed E-state index contributed by atoms with van der Waals surface area (Å²) in [6.45, 7) is 4.21. The highest BCUT2D eigenvalue weighted by atomic mass is 16.6. The quantitative estimate of drug-likeness (QED) is 0.236. The molecule has 25 heavy (non-hydrogen) atoms. The number of hydrogen-bond donors (Lipinski definition) is 0. The van der Waals surface area contributed by atoms with Crippen LogP contribution in [0.4, 0.5) is 0 Å². The largest absolute Gasteiger partial charge is 0.460 e. The normalized spacial score (nSPS) is 23.2. The molecule has 3 atom stereocenters. The zero-order valence-electron chi connectivity index (χ0n) is 17.1. The molecular weight excluding hydrogens is 312 g/mol. The van der Waals surface area contributed by atoms with Crippen LogP contribution < -0.4 is 0 Å². The van der Waals surface area contributed by atoms with Crippen LogP contribution in [-0.2, 0) is 14.3 Å². The van der Waals surface area contributed by atoms with E-state index in [1.165, 1.54) is 83.5 Å². The van der Waals surface area contributed by atoms with Gasteiger partial charge in [-0.3, -0.25) is 4.79 Å². The van der Waals surface area contributed by atoms with E-state index < -0.39 is 0 Å². The maximum atomic E-state index is 11.8. The molecule has 0 aromatic carbocycles. The van der Waals surface area contributed by atoms with Crippen molar-refractivity contribution < 1.29 is 14.3 Å². The van der Waals surface area contributed by atoms with Crippen LogP contribution in [0.25, 0.3) is 0 Å². The predicted octanol–water partition coefficient (Wildman–Crippen LogP) is 6.43. The van der Waals surface area contributed by atoms with Gasteiger partial charge in [0.05, 0.1) is 5.92 Å². The van der Waals surface area contributed by atoms with Crippen LogP contribution in [0.2, 0.25) is 0 Å². The Bertz CT molecular complexity index is 329. The molecule has 0 saturated carbocycles. The second-order valence-electron chi connectivity index (χ2n) is 7.83. The molecule has 0 amide bonds. The third kappa shape index (κ3) is 9.63. The number of carbonyl (C=O) groups excluding carboxylic acids is 1. The van der Waals surface area contributed by atoms with Crippen LogP contribution in [-0.4, -0.2) is 25.3 Å². The van der Waals surface area contributed by atoms with Crippen molar-refractivity contribution in [3.63, 3.8) is 0 Å². The number of carbonyl (C=O) groups is 1. The van der Waals surface area contributed by atoms with E-state index in [0.29, 0.717) is 0 Å². The van der Waals surface area contributed by atoms with Crippen molar-refractivity contribution in [2.75, 3.05) is 7.11 Å². The summed E-state index contributed by atoms with van der Waals surface area (Å²) in [6, 6.07) is 0. The lowest BCUT2D eigenvalue weighted by molar-refractivity contribution is -0.143. The minimum absolute atomic E-state index is 0.0441. The molecule has 1 rings (SSSR count). The Labute approximate surface area is 156 Å². The van der Waals surface area contributed by atoms with Gasteiger partial charge in [0.1, 0.15) is 12.2 Å². The fraction of sp³-hybridized carbons (Fsp3) is 0.955. The molecule has 148 valence electrons. The fourth-order valence-electron chi connectivity index (χ4n) is 4.00. The standard InChI is InChI=1S/C22H42O3/c1-4-5-6-7-8-9-10-11-12-13-14-15-16-17-18-20-21(24-3)19(2)25-22(20)23/h19-21H,4-18H2,1-3H3/t19-,20-,21+/m0/s1. The Balaban J connectivity index is 1.85. The van der Waals surface area contributed by atoms with Gasteiger partial charge in [-0.15, -0.1) is 0 Å². The van der Waals surface area contributed by atoms with Crippen molar-refractivity contribution in [3.05, 3.63) is 0 Å². The molecular formula is C22H42O3. The maximum absolute atomic E-state index is 11.8. The van der Waals surface area contributed by atoms with Gasteiger partial charge in [0, 0.05) is 7.11 Å². The first kappa shape index (κ1) is 22.5. The van der Waals surface area contributed by atoms with Crippen molar-refractivity contribution in [2.24, 2.45) is 5.92 Å². The highest BCUT2D eigenvalue weighted by Crippen LogP contribution is 2.28. The molecule has 0 spiro atoms. The van der Waals surface area contributed by atoms with Crippen LogP contribution in [0.15, 0.2) is 0 Å². The molecule has 0 N–H and O–H groups in total. The first-order valence-electron chi connectivity index (χ1n) is 10.9. The Hall–Kier alpha value is -0.570. The lowest BCUT2D eigenvalue weighted by Crippen LogP contribution is -2.27. The molecule has 3 nitrogen and oxygen atoms in total. The Morgan fingerprint density at radius 2 is 1.24 bits per heavy atom. The summed E-state index contributed by atoms with van der Waals surface area (Å²) in [5, 5.41) is 0. The fourth-order valence-corrected chi connectivity index (χ4v) is 4.00. The summed E-state index contributed by atoms with van der Waals surface area (Å²) in [6.07, 6.45) is 19.9. The molecule has 0 radical (unpaired) electrons. The summed E-state index contributed by atoms with van der Waals surface area (Å²) in [4.78, 5) is 11.8. The molecule has 1 aliphatic rings. The first-order valence-corrected chi connectivity index (χ1v) is 10.9. The van der Waals surface area contributed by atoms with Gasteiger partial charge < -0.3 is 9.47 Å². The number of cyclic esters (lactones) is 1. The number of esters is 1. The molecule has 0 aliphatic carbocycles. The van der Waals surface area contributed by atoms with Gasteiger partial charge in [-0.05, 0) is 13.3 Å². The smallest absolute Gasteiger partial charge is 0.312 e. The Morgan fingerprint density at radius 3 is 1.68 bits per heavy atom. The van der Waals surface area contributed by atoms with E-state index >= 15 is 0 Å². The maximum Gasteiger partial charge on any atom is 0.312 e. The average molecular weight is 355 g/mol. The third-order valence-electron chi connectivity index (χ3n) is 5.60. The van der Waals surface area contributed by atoms with Crippen molar-refractivity contribution in [1.82, 2.24) is 0 Å². The summed E-state index contributed by atoms with van der Waals surface area (Å²) in [5.74, 6) is -0.105. The van der Waals surface area contributed by atoms with Crippen molar-refractivity contribution in [1.29, 1.82) is 0 Å². The minimum atomic E-state index is -0.0888. The summed E-state index contributed by atoms with van der Waals surface area (Å²) < 4.78 is 10.7.